The first kappa shape index (κ1) is 11.2. The van der Waals surface area contributed by atoms with Crippen molar-refractivity contribution in [1.82, 2.24) is 10.3 Å². The number of hydrogen-bond acceptors (Lipinski definition) is 2. The third-order valence-corrected chi connectivity index (χ3v) is 2.26. The monoisotopic (exact) mass is 210 g/mol. The third kappa shape index (κ3) is 3.90. The van der Waals surface area contributed by atoms with Crippen LogP contribution in [0.25, 0.3) is 0 Å². The van der Waals surface area contributed by atoms with E-state index in [0.29, 0.717) is 0 Å². The van der Waals surface area contributed by atoms with Gasteiger partial charge >= 0.3 is 0 Å². The number of aromatic nitrogens is 1. The van der Waals surface area contributed by atoms with Crippen LogP contribution in [0.3, 0.4) is 0 Å². The Bertz CT molecular complexity index is 297. The minimum Gasteiger partial charge on any atom is -0.319 e. The first-order valence-electron chi connectivity index (χ1n) is 4.72. The highest BCUT2D eigenvalue weighted by Gasteiger charge is 1.95. The standard InChI is InChI=1S/C11H15ClN2/c1-13-7-4-2-3-5-10-6-8-14-9-11(10)12/h2-3,6,8-9,13H,4-5,7H2,1H3. The highest BCUT2D eigenvalue weighted by molar-refractivity contribution is 6.31. The lowest BCUT2D eigenvalue weighted by Crippen LogP contribution is -2.05. The number of halogens is 1. The number of hydrogen-bond donors (Lipinski definition) is 1. The van der Waals surface area contributed by atoms with Gasteiger partial charge in [-0.15, -0.1) is 0 Å². The Morgan fingerprint density at radius 1 is 1.50 bits per heavy atom. The van der Waals surface area contributed by atoms with Gasteiger partial charge in [-0.2, -0.15) is 0 Å². The van der Waals surface area contributed by atoms with Crippen LogP contribution in [0.1, 0.15) is 12.0 Å². The van der Waals surface area contributed by atoms with Crippen molar-refractivity contribution < 1.29 is 0 Å². The second-order valence-corrected chi connectivity index (χ2v) is 3.44. The van der Waals surface area contributed by atoms with Crippen LogP contribution in [0, 0.1) is 0 Å². The molecule has 76 valence electrons. The number of nitrogens with zero attached hydrogens (tertiary/aromatic N) is 1. The Labute approximate surface area is 90.0 Å². The van der Waals surface area contributed by atoms with E-state index >= 15 is 0 Å². The van der Waals surface area contributed by atoms with E-state index in [0.717, 1.165) is 30.0 Å². The molecular formula is C11H15ClN2. The van der Waals surface area contributed by atoms with Gasteiger partial charge in [0.05, 0.1) is 5.02 Å². The molecule has 1 heterocycles. The molecule has 2 nitrogen and oxygen atoms in total. The minimum absolute atomic E-state index is 0.741. The van der Waals surface area contributed by atoms with E-state index in [9.17, 15) is 0 Å². The Kier molecular flexibility index (Phi) is 5.27. The maximum atomic E-state index is 5.96. The molecule has 0 saturated heterocycles. The number of rotatable bonds is 5. The molecular weight excluding hydrogens is 196 g/mol. The Morgan fingerprint density at radius 3 is 3.07 bits per heavy atom. The fourth-order valence-electron chi connectivity index (χ4n) is 1.13. The second-order valence-electron chi connectivity index (χ2n) is 3.03. The largest absolute Gasteiger partial charge is 0.319 e. The molecule has 0 atom stereocenters. The predicted molar refractivity (Wildman–Crippen MR) is 60.6 cm³/mol. The van der Waals surface area contributed by atoms with Crippen molar-refractivity contribution in [3.8, 4) is 0 Å². The van der Waals surface area contributed by atoms with Gasteiger partial charge < -0.3 is 5.32 Å². The molecule has 0 spiro atoms. The van der Waals surface area contributed by atoms with Gasteiger partial charge in [-0.25, -0.2) is 0 Å². The molecule has 0 unspecified atom stereocenters. The lowest BCUT2D eigenvalue weighted by atomic mass is 10.2. The van der Waals surface area contributed by atoms with Gasteiger partial charge in [-0.05, 0) is 38.1 Å². The number of allylic oxidation sites excluding steroid dienone is 1. The summed E-state index contributed by atoms with van der Waals surface area (Å²) in [7, 11) is 1.95. The lowest BCUT2D eigenvalue weighted by Gasteiger charge is -1.98. The molecule has 0 bridgehead atoms. The molecule has 1 rings (SSSR count). The summed E-state index contributed by atoms with van der Waals surface area (Å²) in [5.41, 5.74) is 1.13. The minimum atomic E-state index is 0.741. The highest BCUT2D eigenvalue weighted by atomic mass is 35.5. The van der Waals surface area contributed by atoms with Crippen molar-refractivity contribution in [3.63, 3.8) is 0 Å². The highest BCUT2D eigenvalue weighted by Crippen LogP contribution is 2.13. The van der Waals surface area contributed by atoms with Crippen LogP contribution in [-0.4, -0.2) is 18.6 Å². The van der Waals surface area contributed by atoms with Crippen LogP contribution in [0.2, 0.25) is 5.02 Å². The number of nitrogens with one attached hydrogen (secondary N) is 1. The summed E-state index contributed by atoms with van der Waals surface area (Å²) >= 11 is 5.96. The fraction of sp³-hybridized carbons (Fsp3) is 0.364. The average molecular weight is 211 g/mol. The Hall–Kier alpha value is -0.860. The molecule has 1 aromatic heterocycles. The smallest absolute Gasteiger partial charge is 0.0624 e. The van der Waals surface area contributed by atoms with Gasteiger partial charge in [0.2, 0.25) is 0 Å². The maximum Gasteiger partial charge on any atom is 0.0624 e. The molecule has 0 amide bonds. The Morgan fingerprint density at radius 2 is 2.36 bits per heavy atom. The summed E-state index contributed by atoms with van der Waals surface area (Å²) in [6, 6.07) is 1.95. The molecule has 3 heteroatoms. The topological polar surface area (TPSA) is 24.9 Å². The van der Waals surface area contributed by atoms with Crippen LogP contribution in [0.4, 0.5) is 0 Å². The molecule has 0 fully saturated rings. The van der Waals surface area contributed by atoms with Crippen LogP contribution >= 0.6 is 11.6 Å². The first-order chi connectivity index (χ1) is 6.84. The van der Waals surface area contributed by atoms with Crippen LogP contribution in [0.15, 0.2) is 30.6 Å². The van der Waals surface area contributed by atoms with E-state index in [2.05, 4.69) is 22.5 Å². The van der Waals surface area contributed by atoms with Gasteiger partial charge in [0.15, 0.2) is 0 Å². The van der Waals surface area contributed by atoms with Crippen LogP contribution in [0.5, 0.6) is 0 Å². The predicted octanol–water partition coefficient (Wildman–Crippen LogP) is 2.44. The van der Waals surface area contributed by atoms with E-state index in [4.69, 9.17) is 11.6 Å². The van der Waals surface area contributed by atoms with Crippen molar-refractivity contribution >= 4 is 11.6 Å². The van der Waals surface area contributed by atoms with Crippen LogP contribution < -0.4 is 5.32 Å². The molecule has 1 N–H and O–H groups in total. The van der Waals surface area contributed by atoms with Crippen LogP contribution in [-0.2, 0) is 6.42 Å². The van der Waals surface area contributed by atoms with Gasteiger partial charge in [0.1, 0.15) is 0 Å². The van der Waals surface area contributed by atoms with Crippen molar-refractivity contribution in [2.75, 3.05) is 13.6 Å². The van der Waals surface area contributed by atoms with Gasteiger partial charge in [-0.1, -0.05) is 23.8 Å². The zero-order valence-corrected chi connectivity index (χ0v) is 9.09. The fourth-order valence-corrected chi connectivity index (χ4v) is 1.32. The van der Waals surface area contributed by atoms with Crippen molar-refractivity contribution in [2.45, 2.75) is 12.8 Å². The normalized spacial score (nSPS) is 11.0. The Balaban J connectivity index is 2.38. The van der Waals surface area contributed by atoms with Gasteiger partial charge in [0.25, 0.3) is 0 Å². The summed E-state index contributed by atoms with van der Waals surface area (Å²) in [5.74, 6) is 0. The zero-order chi connectivity index (χ0) is 10.2. The molecule has 0 aromatic carbocycles. The summed E-state index contributed by atoms with van der Waals surface area (Å²) in [6.45, 7) is 1.01. The number of pyridine rings is 1. The first-order valence-corrected chi connectivity index (χ1v) is 5.10. The molecule has 0 aliphatic carbocycles. The van der Waals surface area contributed by atoms with E-state index < -0.39 is 0 Å². The summed E-state index contributed by atoms with van der Waals surface area (Å²) in [5, 5.41) is 3.83. The summed E-state index contributed by atoms with van der Waals surface area (Å²) in [6.07, 6.45) is 9.68. The summed E-state index contributed by atoms with van der Waals surface area (Å²) in [4.78, 5) is 3.94. The van der Waals surface area contributed by atoms with E-state index in [1.807, 2.05) is 13.1 Å². The maximum absolute atomic E-state index is 5.96. The lowest BCUT2D eigenvalue weighted by molar-refractivity contribution is 0.806. The van der Waals surface area contributed by atoms with E-state index in [1.54, 1.807) is 12.4 Å². The molecule has 14 heavy (non-hydrogen) atoms. The third-order valence-electron chi connectivity index (χ3n) is 1.92. The summed E-state index contributed by atoms with van der Waals surface area (Å²) < 4.78 is 0. The van der Waals surface area contributed by atoms with E-state index in [1.165, 1.54) is 0 Å². The zero-order valence-electron chi connectivity index (χ0n) is 8.33. The van der Waals surface area contributed by atoms with Crippen molar-refractivity contribution in [3.05, 3.63) is 41.2 Å². The van der Waals surface area contributed by atoms with E-state index in [-0.39, 0.29) is 0 Å². The SMILES string of the molecule is CNCCC=CCc1ccncc1Cl. The van der Waals surface area contributed by atoms with Crippen molar-refractivity contribution in [2.24, 2.45) is 0 Å². The quantitative estimate of drug-likeness (QED) is 0.597. The molecule has 0 aliphatic rings. The molecule has 0 saturated carbocycles. The van der Waals surface area contributed by atoms with Crippen molar-refractivity contribution in [1.29, 1.82) is 0 Å². The average Bonchev–Trinajstić information content (AvgIpc) is 2.20. The molecule has 0 aliphatic heterocycles. The van der Waals surface area contributed by atoms with Gasteiger partial charge in [-0.3, -0.25) is 4.98 Å². The molecule has 0 radical (unpaired) electrons. The second kappa shape index (κ2) is 6.57. The van der Waals surface area contributed by atoms with Gasteiger partial charge in [0, 0.05) is 12.4 Å². The molecule has 1 aromatic rings.